The summed E-state index contributed by atoms with van der Waals surface area (Å²) < 4.78 is 0. The number of unbranched alkanes of at least 4 members (excludes halogenated alkanes) is 12. The number of rotatable bonds is 18. The van der Waals surface area contributed by atoms with Gasteiger partial charge in [0, 0.05) is 6.54 Å². The number of hydrogen-bond donors (Lipinski definition) is 1. The zero-order valence-corrected chi connectivity index (χ0v) is 17.4. The molecule has 1 aliphatic heterocycles. The van der Waals surface area contributed by atoms with Gasteiger partial charge in [0.1, 0.15) is 0 Å². The van der Waals surface area contributed by atoms with Crippen LogP contribution in [0.1, 0.15) is 103 Å². The molecular formula is C23H44N2O. The lowest BCUT2D eigenvalue weighted by Gasteiger charge is -2.24. The first-order chi connectivity index (χ1) is 12.9. The molecule has 1 atom stereocenters. The van der Waals surface area contributed by atoms with Crippen LogP contribution in [0.5, 0.6) is 0 Å². The van der Waals surface area contributed by atoms with Gasteiger partial charge in [-0.15, -0.1) is 0 Å². The second-order valence-corrected chi connectivity index (χ2v) is 7.82. The van der Waals surface area contributed by atoms with Crippen molar-refractivity contribution in [2.45, 2.75) is 109 Å². The van der Waals surface area contributed by atoms with E-state index in [0.717, 1.165) is 19.5 Å². The number of aliphatic hydroxyl groups excluding tert-OH is 1. The van der Waals surface area contributed by atoms with Crippen molar-refractivity contribution in [3.05, 3.63) is 12.2 Å². The Morgan fingerprint density at radius 2 is 1.46 bits per heavy atom. The van der Waals surface area contributed by atoms with Crippen LogP contribution in [-0.4, -0.2) is 42.1 Å². The minimum atomic E-state index is 0.261. The zero-order chi connectivity index (χ0) is 18.7. The Bertz CT molecular complexity index is 354. The average molecular weight is 365 g/mol. The van der Waals surface area contributed by atoms with Gasteiger partial charge in [0.25, 0.3) is 0 Å². The van der Waals surface area contributed by atoms with Crippen LogP contribution in [0.2, 0.25) is 0 Å². The van der Waals surface area contributed by atoms with E-state index in [9.17, 15) is 5.11 Å². The standard InChI is InChI=1S/C23H44N2O/c1-2-3-4-5-6-7-8-9-10-11-12-13-14-15-16-17-18-23(21-26)25-20-19-24-22-25/h9-10,22-23,26H,2-8,11-21H2,1H3/b10-9-. The van der Waals surface area contributed by atoms with E-state index in [4.69, 9.17) is 0 Å². The van der Waals surface area contributed by atoms with Crippen molar-refractivity contribution in [3.8, 4) is 0 Å². The highest BCUT2D eigenvalue weighted by Crippen LogP contribution is 2.14. The van der Waals surface area contributed by atoms with Gasteiger partial charge >= 0.3 is 0 Å². The first-order valence-electron chi connectivity index (χ1n) is 11.4. The van der Waals surface area contributed by atoms with Crippen molar-refractivity contribution in [2.75, 3.05) is 19.7 Å². The minimum absolute atomic E-state index is 0.261. The highest BCUT2D eigenvalue weighted by Gasteiger charge is 2.16. The van der Waals surface area contributed by atoms with E-state index < -0.39 is 0 Å². The summed E-state index contributed by atoms with van der Waals surface area (Å²) in [6.45, 7) is 4.42. The number of hydrogen-bond acceptors (Lipinski definition) is 3. The Balaban J connectivity index is 1.80. The van der Waals surface area contributed by atoms with E-state index in [2.05, 4.69) is 29.0 Å². The molecule has 0 aliphatic carbocycles. The number of nitrogens with zero attached hydrogens (tertiary/aromatic N) is 2. The Labute approximate surface area is 163 Å². The third-order valence-electron chi connectivity index (χ3n) is 5.45. The summed E-state index contributed by atoms with van der Waals surface area (Å²) in [5.74, 6) is 0. The summed E-state index contributed by atoms with van der Waals surface area (Å²) >= 11 is 0. The maximum Gasteiger partial charge on any atom is 0.0854 e. The van der Waals surface area contributed by atoms with Crippen molar-refractivity contribution in [1.29, 1.82) is 0 Å². The molecule has 1 aliphatic rings. The summed E-state index contributed by atoms with van der Waals surface area (Å²) in [5, 5.41) is 9.50. The van der Waals surface area contributed by atoms with Gasteiger partial charge in [0.15, 0.2) is 0 Å². The lowest BCUT2D eigenvalue weighted by Crippen LogP contribution is -2.35. The number of allylic oxidation sites excluding steroid dienone is 2. The molecule has 0 spiro atoms. The highest BCUT2D eigenvalue weighted by atomic mass is 16.3. The normalized spacial score (nSPS) is 15.4. The summed E-state index contributed by atoms with van der Waals surface area (Å²) in [7, 11) is 0. The Morgan fingerprint density at radius 3 is 2.00 bits per heavy atom. The molecule has 0 aromatic rings. The van der Waals surface area contributed by atoms with Gasteiger partial charge < -0.3 is 10.0 Å². The predicted molar refractivity (Wildman–Crippen MR) is 115 cm³/mol. The summed E-state index contributed by atoms with van der Waals surface area (Å²) in [5.41, 5.74) is 0. The molecule has 0 aromatic carbocycles. The van der Waals surface area contributed by atoms with E-state index in [1.807, 2.05) is 6.34 Å². The van der Waals surface area contributed by atoms with E-state index in [1.54, 1.807) is 0 Å². The maximum absolute atomic E-state index is 9.50. The SMILES string of the molecule is CCCCCCCC/C=C\CCCCCCCCC(CO)N1C=NCC1. The largest absolute Gasteiger partial charge is 0.394 e. The monoisotopic (exact) mass is 364 g/mol. The smallest absolute Gasteiger partial charge is 0.0854 e. The first-order valence-corrected chi connectivity index (χ1v) is 11.4. The third-order valence-corrected chi connectivity index (χ3v) is 5.45. The highest BCUT2D eigenvalue weighted by molar-refractivity contribution is 5.57. The molecule has 1 rings (SSSR count). The van der Waals surface area contributed by atoms with E-state index in [1.165, 1.54) is 89.9 Å². The van der Waals surface area contributed by atoms with Gasteiger partial charge in [0.2, 0.25) is 0 Å². The van der Waals surface area contributed by atoms with Crippen LogP contribution >= 0.6 is 0 Å². The van der Waals surface area contributed by atoms with E-state index in [0.29, 0.717) is 0 Å². The lowest BCUT2D eigenvalue weighted by atomic mass is 10.0. The van der Waals surface area contributed by atoms with Gasteiger partial charge in [0.05, 0.1) is 25.5 Å². The molecule has 0 bridgehead atoms. The molecule has 0 saturated heterocycles. The second kappa shape index (κ2) is 17.6. The fourth-order valence-electron chi connectivity index (χ4n) is 3.66. The first kappa shape index (κ1) is 23.2. The van der Waals surface area contributed by atoms with Crippen LogP contribution in [0.3, 0.4) is 0 Å². The van der Waals surface area contributed by atoms with Crippen molar-refractivity contribution >= 4 is 6.34 Å². The predicted octanol–water partition coefficient (Wildman–Crippen LogP) is 6.12. The van der Waals surface area contributed by atoms with Crippen LogP contribution < -0.4 is 0 Å². The fourth-order valence-corrected chi connectivity index (χ4v) is 3.66. The molecule has 0 saturated carbocycles. The van der Waals surface area contributed by atoms with Crippen LogP contribution in [0.15, 0.2) is 17.1 Å². The molecular weight excluding hydrogens is 320 g/mol. The lowest BCUT2D eigenvalue weighted by molar-refractivity contribution is 0.180. The van der Waals surface area contributed by atoms with Crippen LogP contribution in [0.25, 0.3) is 0 Å². The quantitative estimate of drug-likeness (QED) is 0.235. The number of aliphatic hydroxyl groups is 1. The topological polar surface area (TPSA) is 35.8 Å². The Hall–Kier alpha value is -0.830. The molecule has 1 heterocycles. The summed E-state index contributed by atoms with van der Waals surface area (Å²) in [6, 6.07) is 0.290. The molecule has 3 nitrogen and oxygen atoms in total. The molecule has 3 heteroatoms. The molecule has 26 heavy (non-hydrogen) atoms. The van der Waals surface area contributed by atoms with Gasteiger partial charge in [-0.05, 0) is 32.1 Å². The molecule has 0 fully saturated rings. The molecule has 1 N–H and O–H groups in total. The fraction of sp³-hybridized carbons (Fsp3) is 0.870. The molecule has 152 valence electrons. The van der Waals surface area contributed by atoms with Crippen molar-refractivity contribution < 1.29 is 5.11 Å². The Morgan fingerprint density at radius 1 is 0.885 bits per heavy atom. The van der Waals surface area contributed by atoms with E-state index in [-0.39, 0.29) is 12.6 Å². The molecule has 1 unspecified atom stereocenters. The third kappa shape index (κ3) is 12.5. The van der Waals surface area contributed by atoms with Gasteiger partial charge in [-0.1, -0.05) is 83.3 Å². The van der Waals surface area contributed by atoms with Crippen molar-refractivity contribution in [1.82, 2.24) is 4.90 Å². The Kier molecular flexibility index (Phi) is 15.7. The van der Waals surface area contributed by atoms with Gasteiger partial charge in [-0.2, -0.15) is 0 Å². The van der Waals surface area contributed by atoms with E-state index >= 15 is 0 Å². The van der Waals surface area contributed by atoms with Gasteiger partial charge in [-0.3, -0.25) is 4.99 Å². The zero-order valence-electron chi connectivity index (χ0n) is 17.4. The molecule has 0 aromatic heterocycles. The van der Waals surface area contributed by atoms with Crippen LogP contribution in [-0.2, 0) is 0 Å². The van der Waals surface area contributed by atoms with Crippen LogP contribution in [0.4, 0.5) is 0 Å². The van der Waals surface area contributed by atoms with Crippen LogP contribution in [0, 0.1) is 0 Å². The maximum atomic E-state index is 9.50. The summed E-state index contributed by atoms with van der Waals surface area (Å²) in [4.78, 5) is 6.45. The second-order valence-electron chi connectivity index (χ2n) is 7.82. The van der Waals surface area contributed by atoms with Gasteiger partial charge in [-0.25, -0.2) is 0 Å². The van der Waals surface area contributed by atoms with Crippen molar-refractivity contribution in [2.24, 2.45) is 4.99 Å². The average Bonchev–Trinajstić information content (AvgIpc) is 3.19. The van der Waals surface area contributed by atoms with Crippen molar-refractivity contribution in [3.63, 3.8) is 0 Å². The number of aliphatic imine (C=N–C) groups is 1. The summed E-state index contributed by atoms with van der Waals surface area (Å²) in [6.07, 6.45) is 26.7. The minimum Gasteiger partial charge on any atom is -0.394 e. The molecule has 0 radical (unpaired) electrons. The molecule has 0 amide bonds.